The number of rotatable bonds is 8. The van der Waals surface area contributed by atoms with Crippen molar-refractivity contribution in [3.63, 3.8) is 0 Å². The van der Waals surface area contributed by atoms with Crippen LogP contribution in [0.2, 0.25) is 0 Å². The van der Waals surface area contributed by atoms with Crippen molar-refractivity contribution in [3.05, 3.63) is 70.5 Å². The zero-order valence-electron chi connectivity index (χ0n) is 21.7. The van der Waals surface area contributed by atoms with Crippen LogP contribution in [0.3, 0.4) is 0 Å². The summed E-state index contributed by atoms with van der Waals surface area (Å²) in [5.41, 5.74) is 1.63. The maximum absolute atomic E-state index is 13.7. The molecule has 1 aliphatic rings. The Hall–Kier alpha value is -2.43. The van der Waals surface area contributed by atoms with Crippen LogP contribution in [0, 0.1) is 5.92 Å². The number of aryl methyl sites for hydroxylation is 1. The van der Waals surface area contributed by atoms with Gasteiger partial charge in [-0.2, -0.15) is 0 Å². The van der Waals surface area contributed by atoms with Crippen LogP contribution in [0.25, 0.3) is 11.1 Å². The summed E-state index contributed by atoms with van der Waals surface area (Å²) in [4.78, 5) is 26.6. The van der Waals surface area contributed by atoms with Gasteiger partial charge in [-0.1, -0.05) is 63.2 Å². The number of carbonyl (C=O) groups is 2. The lowest BCUT2D eigenvalue weighted by atomic mass is 9.80. The van der Waals surface area contributed by atoms with Crippen LogP contribution in [0.5, 0.6) is 0 Å². The third-order valence-electron chi connectivity index (χ3n) is 6.13. The molecule has 34 heavy (non-hydrogen) atoms. The molecule has 0 saturated carbocycles. The predicted molar refractivity (Wildman–Crippen MR) is 140 cm³/mol. The van der Waals surface area contributed by atoms with Gasteiger partial charge in [0, 0.05) is 5.03 Å². The normalized spacial score (nSPS) is 18.9. The number of esters is 1. The second kappa shape index (κ2) is 10.9. The first-order chi connectivity index (χ1) is 15.8. The molecule has 2 rings (SSSR count). The lowest BCUT2D eigenvalue weighted by molar-refractivity contribution is -0.167. The summed E-state index contributed by atoms with van der Waals surface area (Å²) >= 11 is 6.10. The van der Waals surface area contributed by atoms with Gasteiger partial charge in [0.05, 0.1) is 11.5 Å². The van der Waals surface area contributed by atoms with Crippen LogP contribution in [-0.4, -0.2) is 23.0 Å². The Labute approximate surface area is 209 Å². The van der Waals surface area contributed by atoms with Gasteiger partial charge in [0.1, 0.15) is 11.2 Å². The highest BCUT2D eigenvalue weighted by Crippen LogP contribution is 2.43. The monoisotopic (exact) mass is 484 g/mol. The lowest BCUT2D eigenvalue weighted by Gasteiger charge is -2.42. The Morgan fingerprint density at radius 1 is 1.18 bits per heavy atom. The van der Waals surface area contributed by atoms with Gasteiger partial charge >= 0.3 is 5.97 Å². The first kappa shape index (κ1) is 27.8. The molecule has 1 unspecified atom stereocenters. The molecular formula is C29H37ClO4. The Kier molecular flexibility index (Phi) is 8.90. The van der Waals surface area contributed by atoms with Gasteiger partial charge in [-0.25, -0.2) is 0 Å². The first-order valence-electron chi connectivity index (χ1n) is 11.8. The van der Waals surface area contributed by atoms with Crippen molar-refractivity contribution in [1.82, 2.24) is 0 Å². The van der Waals surface area contributed by atoms with E-state index in [0.717, 1.165) is 22.3 Å². The fraction of sp³-hybridized carbons (Fsp3) is 0.448. The van der Waals surface area contributed by atoms with E-state index in [1.165, 1.54) is 0 Å². The molecule has 0 N–H and O–H groups in total. The number of carbonyl (C=O) groups excluding carboxylic acids is 2. The molecule has 0 amide bonds. The van der Waals surface area contributed by atoms with Crippen LogP contribution in [0.4, 0.5) is 0 Å². The minimum atomic E-state index is -1.08. The van der Waals surface area contributed by atoms with Gasteiger partial charge in [0.15, 0.2) is 11.5 Å². The van der Waals surface area contributed by atoms with Gasteiger partial charge in [-0.3, -0.25) is 9.59 Å². The number of hydrogen-bond acceptors (Lipinski definition) is 4. The summed E-state index contributed by atoms with van der Waals surface area (Å²) < 4.78 is 12.1. The zero-order chi connectivity index (χ0) is 25.8. The van der Waals surface area contributed by atoms with Crippen molar-refractivity contribution >= 4 is 34.5 Å². The smallest absolute Gasteiger partial charge is 0.313 e. The highest BCUT2D eigenvalue weighted by Gasteiger charge is 2.49. The van der Waals surface area contributed by atoms with Crippen LogP contribution in [-0.2, 0) is 25.5 Å². The summed E-state index contributed by atoms with van der Waals surface area (Å²) in [7, 11) is 0. The molecule has 0 radical (unpaired) electrons. The van der Waals surface area contributed by atoms with E-state index in [1.54, 1.807) is 26.0 Å². The molecule has 1 aliphatic heterocycles. The number of halogens is 1. The Morgan fingerprint density at radius 3 is 2.38 bits per heavy atom. The molecule has 0 spiro atoms. The third kappa shape index (κ3) is 5.97. The fourth-order valence-corrected chi connectivity index (χ4v) is 3.98. The van der Waals surface area contributed by atoms with E-state index in [-0.39, 0.29) is 23.4 Å². The summed E-state index contributed by atoms with van der Waals surface area (Å²) in [5.74, 6) is -0.634. The predicted octanol–water partition coefficient (Wildman–Crippen LogP) is 7.42. The van der Waals surface area contributed by atoms with Crippen molar-refractivity contribution in [3.8, 4) is 0 Å². The van der Waals surface area contributed by atoms with E-state index in [9.17, 15) is 9.59 Å². The highest BCUT2D eigenvalue weighted by molar-refractivity contribution is 6.31. The van der Waals surface area contributed by atoms with E-state index in [1.807, 2.05) is 65.8 Å². The third-order valence-corrected chi connectivity index (χ3v) is 6.47. The summed E-state index contributed by atoms with van der Waals surface area (Å²) in [5, 5.41) is 0.608. The molecule has 1 atom stereocenters. The average molecular weight is 485 g/mol. The number of allylic oxidation sites excluding steroid dienone is 5. The van der Waals surface area contributed by atoms with Crippen molar-refractivity contribution in [2.24, 2.45) is 5.92 Å². The first-order valence-corrected chi connectivity index (χ1v) is 12.2. The lowest BCUT2D eigenvalue weighted by Crippen LogP contribution is -2.50. The number of ketones is 1. The molecule has 1 heterocycles. The second-order valence-electron chi connectivity index (χ2n) is 9.64. The number of benzene rings is 1. The number of Topliss-reactive ketones (excluding diaryl/α,β-unsaturated/α-hetero) is 1. The van der Waals surface area contributed by atoms with Gasteiger partial charge in [0.25, 0.3) is 0 Å². The zero-order valence-corrected chi connectivity index (χ0v) is 22.4. The Bertz CT molecular complexity index is 1070. The number of ether oxygens (including phenoxy) is 2. The van der Waals surface area contributed by atoms with Crippen LogP contribution in [0.15, 0.2) is 53.8 Å². The molecule has 1 aromatic carbocycles. The van der Waals surface area contributed by atoms with Gasteiger partial charge in [-0.05, 0) is 81.9 Å². The maximum atomic E-state index is 13.7. The van der Waals surface area contributed by atoms with Gasteiger partial charge < -0.3 is 9.47 Å². The number of hydrogen-bond donors (Lipinski definition) is 0. The Morgan fingerprint density at radius 2 is 1.82 bits per heavy atom. The topological polar surface area (TPSA) is 52.6 Å². The standard InChI is InChI=1S/C29H37ClO4/c1-10-18(4)27(32)33-26-24(25(31)28(6,7)34-29(26,8)9)23-17-21(15-14-20(23)11-2)19(5)13-16-22(30)12-3/h12-18H,5,10-11H2,1-4,6-9H3/b16-13-,22-12+. The van der Waals surface area contributed by atoms with Crippen molar-refractivity contribution < 1.29 is 19.1 Å². The molecule has 1 aromatic rings. The maximum Gasteiger partial charge on any atom is 0.313 e. The average Bonchev–Trinajstić information content (AvgIpc) is 2.79. The van der Waals surface area contributed by atoms with Crippen molar-refractivity contribution in [2.75, 3.05) is 0 Å². The van der Waals surface area contributed by atoms with Crippen LogP contribution >= 0.6 is 11.6 Å². The van der Waals surface area contributed by atoms with Crippen molar-refractivity contribution in [2.45, 2.75) is 79.4 Å². The van der Waals surface area contributed by atoms with E-state index in [0.29, 0.717) is 23.4 Å². The van der Waals surface area contributed by atoms with E-state index in [4.69, 9.17) is 21.1 Å². The Balaban J connectivity index is 2.79. The molecule has 0 bridgehead atoms. The fourth-order valence-electron chi connectivity index (χ4n) is 3.91. The molecule has 0 aliphatic carbocycles. The van der Waals surface area contributed by atoms with E-state index >= 15 is 0 Å². The molecule has 0 saturated heterocycles. The summed E-state index contributed by atoms with van der Waals surface area (Å²) in [6, 6.07) is 5.91. The summed E-state index contributed by atoms with van der Waals surface area (Å²) in [6.07, 6.45) is 6.75. The molecule has 0 fully saturated rings. The van der Waals surface area contributed by atoms with Crippen molar-refractivity contribution in [1.29, 1.82) is 0 Å². The summed E-state index contributed by atoms with van der Waals surface area (Å²) in [6.45, 7) is 19.0. The van der Waals surface area contributed by atoms with E-state index in [2.05, 4.69) is 6.58 Å². The second-order valence-corrected chi connectivity index (χ2v) is 10.1. The minimum absolute atomic E-state index is 0.219. The minimum Gasteiger partial charge on any atom is -0.427 e. The highest BCUT2D eigenvalue weighted by atomic mass is 35.5. The molecular weight excluding hydrogens is 448 g/mol. The van der Waals surface area contributed by atoms with Gasteiger partial charge in [0.2, 0.25) is 0 Å². The van der Waals surface area contributed by atoms with Crippen LogP contribution < -0.4 is 0 Å². The SMILES string of the molecule is C=C(/C=C\C(Cl)=C/C)c1ccc(CC)c(C2=C(OC(=O)C(C)CC)C(C)(C)OC(C)(C)C2=O)c1. The van der Waals surface area contributed by atoms with Crippen LogP contribution in [0.1, 0.15) is 78.5 Å². The van der Waals surface area contributed by atoms with Gasteiger partial charge in [-0.15, -0.1) is 0 Å². The quantitative estimate of drug-likeness (QED) is 0.284. The molecule has 4 nitrogen and oxygen atoms in total. The molecule has 5 heteroatoms. The molecule has 0 aromatic heterocycles. The molecule has 184 valence electrons. The largest absolute Gasteiger partial charge is 0.427 e. The van der Waals surface area contributed by atoms with E-state index < -0.39 is 11.2 Å².